The molecule has 2 heterocycles. The number of amides is 2. The van der Waals surface area contributed by atoms with Gasteiger partial charge in [-0.2, -0.15) is 0 Å². The van der Waals surface area contributed by atoms with E-state index in [1.807, 2.05) is 18.2 Å². The summed E-state index contributed by atoms with van der Waals surface area (Å²) in [6.07, 6.45) is 8.07. The van der Waals surface area contributed by atoms with Gasteiger partial charge >= 0.3 is 5.97 Å². The summed E-state index contributed by atoms with van der Waals surface area (Å²) in [5, 5.41) is 14.2. The SMILES string of the molecule is CC1(C)C[C@@H]2C(=Cc3ccccc3C(=O)O[C@@H]3CC(C(=O)NCCC(=O)NCCO)=C[C@H]4OCO[C@H]43)CCC3O[C@]3(C)CC[C@H]21. The van der Waals surface area contributed by atoms with Crippen LogP contribution in [0.15, 0.2) is 41.5 Å². The molecule has 5 aliphatic rings. The van der Waals surface area contributed by atoms with Crippen LogP contribution in [0.25, 0.3) is 6.08 Å². The molecule has 0 spiro atoms. The number of aliphatic hydroxyl groups excluding tert-OH is 1. The van der Waals surface area contributed by atoms with E-state index < -0.39 is 24.3 Å². The molecule has 0 aromatic heterocycles. The minimum absolute atomic E-state index is 0.0103. The number of aliphatic hydroxyl groups is 1. The Morgan fingerprint density at radius 2 is 1.91 bits per heavy atom. The lowest BCUT2D eigenvalue weighted by Crippen LogP contribution is -2.45. The summed E-state index contributed by atoms with van der Waals surface area (Å²) in [5.41, 5.74) is 3.43. The topological polar surface area (TPSA) is 136 Å². The molecule has 45 heavy (non-hydrogen) atoms. The second-order valence-corrected chi connectivity index (χ2v) is 14.0. The van der Waals surface area contributed by atoms with E-state index in [-0.39, 0.29) is 62.2 Å². The third-order valence-corrected chi connectivity index (χ3v) is 10.5. The van der Waals surface area contributed by atoms with Crippen molar-refractivity contribution in [2.24, 2.45) is 17.3 Å². The number of rotatable bonds is 9. The van der Waals surface area contributed by atoms with Crippen LogP contribution in [-0.4, -0.2) is 79.4 Å². The molecule has 244 valence electrons. The Morgan fingerprint density at radius 3 is 2.71 bits per heavy atom. The van der Waals surface area contributed by atoms with Crippen molar-refractivity contribution in [3.05, 3.63) is 52.6 Å². The van der Waals surface area contributed by atoms with Gasteiger partial charge in [-0.25, -0.2) is 4.79 Å². The van der Waals surface area contributed by atoms with E-state index in [9.17, 15) is 14.4 Å². The van der Waals surface area contributed by atoms with E-state index in [1.165, 1.54) is 5.57 Å². The summed E-state index contributed by atoms with van der Waals surface area (Å²) in [4.78, 5) is 38.6. The number of hydrogen-bond donors (Lipinski definition) is 3. The first kappa shape index (κ1) is 31.9. The minimum Gasteiger partial charge on any atom is -0.456 e. The van der Waals surface area contributed by atoms with Crippen LogP contribution in [0.3, 0.4) is 0 Å². The molecule has 2 saturated heterocycles. The molecule has 2 aliphatic heterocycles. The number of ether oxygens (including phenoxy) is 4. The van der Waals surface area contributed by atoms with Gasteiger partial charge in [-0.15, -0.1) is 0 Å². The number of carbonyl (C=O) groups excluding carboxylic acids is 3. The van der Waals surface area contributed by atoms with Gasteiger partial charge in [0, 0.05) is 31.5 Å². The van der Waals surface area contributed by atoms with Gasteiger partial charge < -0.3 is 34.7 Å². The second kappa shape index (κ2) is 13.0. The fourth-order valence-corrected chi connectivity index (χ4v) is 7.83. The fourth-order valence-electron chi connectivity index (χ4n) is 7.83. The van der Waals surface area contributed by atoms with E-state index >= 15 is 0 Å². The molecule has 2 saturated carbocycles. The number of epoxide rings is 1. The molecule has 3 N–H and O–H groups in total. The highest BCUT2D eigenvalue weighted by Gasteiger charge is 2.56. The average Bonchev–Trinajstić information content (AvgIpc) is 3.39. The van der Waals surface area contributed by atoms with Crippen molar-refractivity contribution < 1.29 is 38.4 Å². The van der Waals surface area contributed by atoms with E-state index in [1.54, 1.807) is 12.1 Å². The Labute approximate surface area is 264 Å². The first-order chi connectivity index (χ1) is 21.6. The highest BCUT2D eigenvalue weighted by Crippen LogP contribution is 2.59. The maximum Gasteiger partial charge on any atom is 0.339 e. The van der Waals surface area contributed by atoms with Gasteiger partial charge in [-0.1, -0.05) is 43.7 Å². The fraction of sp³-hybridized carbons (Fsp3) is 0.629. The quantitative estimate of drug-likeness (QED) is 0.281. The van der Waals surface area contributed by atoms with Crippen LogP contribution in [0.4, 0.5) is 0 Å². The third kappa shape index (κ3) is 6.89. The van der Waals surface area contributed by atoms with Crippen molar-refractivity contribution >= 4 is 23.9 Å². The van der Waals surface area contributed by atoms with Crippen LogP contribution in [0.2, 0.25) is 0 Å². The Bertz CT molecular complexity index is 1370. The summed E-state index contributed by atoms with van der Waals surface area (Å²) >= 11 is 0. The lowest BCUT2D eigenvalue weighted by Gasteiger charge is -2.53. The van der Waals surface area contributed by atoms with Gasteiger partial charge in [-0.05, 0) is 74.0 Å². The van der Waals surface area contributed by atoms with Gasteiger partial charge in [0.2, 0.25) is 11.8 Å². The highest BCUT2D eigenvalue weighted by molar-refractivity contribution is 5.95. The number of hydrogen-bond acceptors (Lipinski definition) is 8. The van der Waals surface area contributed by atoms with Gasteiger partial charge in [0.05, 0.1) is 23.9 Å². The van der Waals surface area contributed by atoms with Crippen LogP contribution in [0.5, 0.6) is 0 Å². The second-order valence-electron chi connectivity index (χ2n) is 14.0. The maximum atomic E-state index is 13.8. The van der Waals surface area contributed by atoms with Crippen molar-refractivity contribution in [2.75, 3.05) is 26.5 Å². The third-order valence-electron chi connectivity index (χ3n) is 10.5. The summed E-state index contributed by atoms with van der Waals surface area (Å²) in [7, 11) is 0. The average molecular weight is 623 g/mol. The zero-order valence-electron chi connectivity index (χ0n) is 26.5. The molecule has 0 bridgehead atoms. The lowest BCUT2D eigenvalue weighted by atomic mass is 9.52. The molecule has 7 atom stereocenters. The van der Waals surface area contributed by atoms with Crippen LogP contribution >= 0.6 is 0 Å². The van der Waals surface area contributed by atoms with Crippen LogP contribution < -0.4 is 10.6 Å². The molecule has 1 unspecified atom stereocenters. The predicted octanol–water partition coefficient (Wildman–Crippen LogP) is 3.68. The largest absolute Gasteiger partial charge is 0.456 e. The Balaban J connectivity index is 1.15. The number of benzene rings is 1. The van der Waals surface area contributed by atoms with Crippen LogP contribution in [0, 0.1) is 17.3 Å². The van der Waals surface area contributed by atoms with Crippen molar-refractivity contribution in [2.45, 2.75) is 95.7 Å². The maximum absolute atomic E-state index is 13.8. The first-order valence-electron chi connectivity index (χ1n) is 16.4. The van der Waals surface area contributed by atoms with E-state index in [4.69, 9.17) is 24.1 Å². The Morgan fingerprint density at radius 1 is 1.09 bits per heavy atom. The molecular formula is C35H46N2O8. The predicted molar refractivity (Wildman–Crippen MR) is 166 cm³/mol. The zero-order valence-corrected chi connectivity index (χ0v) is 26.5. The summed E-state index contributed by atoms with van der Waals surface area (Å²) in [5.74, 6) is 0.0170. The van der Waals surface area contributed by atoms with E-state index in [0.29, 0.717) is 29.1 Å². The molecule has 10 heteroatoms. The summed E-state index contributed by atoms with van der Waals surface area (Å²) in [6.45, 7) is 7.19. The summed E-state index contributed by atoms with van der Waals surface area (Å²) < 4.78 is 23.7. The number of fused-ring (bicyclic) bond motifs is 3. The molecule has 0 radical (unpaired) electrons. The van der Waals surface area contributed by atoms with Crippen LogP contribution in [-0.2, 0) is 28.5 Å². The van der Waals surface area contributed by atoms with Gasteiger partial charge in [0.15, 0.2) is 0 Å². The molecule has 4 fully saturated rings. The smallest absolute Gasteiger partial charge is 0.339 e. The van der Waals surface area contributed by atoms with Gasteiger partial charge in [0.1, 0.15) is 25.1 Å². The van der Waals surface area contributed by atoms with E-state index in [0.717, 1.165) is 37.7 Å². The Hall–Kier alpha value is -3.05. The minimum atomic E-state index is -0.712. The standard InChI is InChI=1S/C35H46N2O8/c1-34(2)19-25-22(8-9-29-35(3,45-29)12-10-26(25)34)16-21-6-4-5-7-24(21)33(41)44-28-18-23(17-27-31(28)43-20-42-27)32(40)37-13-11-30(39)36-14-15-38/h4-7,16-17,25-29,31,38H,8-15,18-20H2,1-3H3,(H,36,39)(H,37,40)/t25-,26-,27-,28-,29?,31-,35-/m1/s1. The van der Waals surface area contributed by atoms with E-state index in [2.05, 4.69) is 37.5 Å². The molecule has 10 nitrogen and oxygen atoms in total. The van der Waals surface area contributed by atoms with Crippen molar-refractivity contribution in [1.82, 2.24) is 10.6 Å². The normalized spacial score (nSPS) is 34.0. The molecule has 3 aliphatic carbocycles. The number of allylic oxidation sites excluding steroid dienone is 1. The molecule has 2 amide bonds. The Kier molecular flexibility index (Phi) is 9.21. The molecular weight excluding hydrogens is 576 g/mol. The molecule has 6 rings (SSSR count). The van der Waals surface area contributed by atoms with Crippen molar-refractivity contribution in [1.29, 1.82) is 0 Å². The van der Waals surface area contributed by atoms with Gasteiger partial charge in [-0.3, -0.25) is 9.59 Å². The molecule has 1 aromatic carbocycles. The monoisotopic (exact) mass is 622 g/mol. The number of esters is 1. The van der Waals surface area contributed by atoms with Crippen molar-refractivity contribution in [3.8, 4) is 0 Å². The summed E-state index contributed by atoms with van der Waals surface area (Å²) in [6, 6.07) is 7.56. The van der Waals surface area contributed by atoms with Crippen molar-refractivity contribution in [3.63, 3.8) is 0 Å². The number of nitrogens with one attached hydrogen (secondary N) is 2. The lowest BCUT2D eigenvalue weighted by molar-refractivity contribution is -0.121. The first-order valence-corrected chi connectivity index (χ1v) is 16.4. The number of carbonyl (C=O) groups is 3. The zero-order chi connectivity index (χ0) is 31.8. The molecule has 1 aromatic rings. The highest BCUT2D eigenvalue weighted by atomic mass is 16.7. The van der Waals surface area contributed by atoms with Gasteiger partial charge in [0.25, 0.3) is 0 Å². The van der Waals surface area contributed by atoms with Crippen LogP contribution in [0.1, 0.15) is 81.6 Å².